The molecule has 2 rings (SSSR count). The molecule has 0 radical (unpaired) electrons. The standard InChI is InChI=1S/C11H14N4O/c1-12-9-3-5-10(6-4-9)16-7-11-14-13-8-15(11)2/h3-6,8,12H,7H2,1-2H3. The lowest BCUT2D eigenvalue weighted by molar-refractivity contribution is 0.291. The van der Waals surface area contributed by atoms with E-state index in [0.29, 0.717) is 6.61 Å². The van der Waals surface area contributed by atoms with Crippen LogP contribution in [0.5, 0.6) is 5.75 Å². The minimum absolute atomic E-state index is 0.426. The molecule has 16 heavy (non-hydrogen) atoms. The van der Waals surface area contributed by atoms with E-state index in [1.165, 1.54) is 0 Å². The van der Waals surface area contributed by atoms with Gasteiger partial charge in [0.1, 0.15) is 18.7 Å². The average Bonchev–Trinajstić information content (AvgIpc) is 2.73. The second-order valence-electron chi connectivity index (χ2n) is 3.42. The van der Waals surface area contributed by atoms with Crippen LogP contribution in [0.3, 0.4) is 0 Å². The Bertz CT molecular complexity index is 449. The number of rotatable bonds is 4. The summed E-state index contributed by atoms with van der Waals surface area (Å²) in [6.45, 7) is 0.426. The SMILES string of the molecule is CNc1ccc(OCc2nncn2C)cc1. The fourth-order valence-electron chi connectivity index (χ4n) is 1.30. The first-order chi connectivity index (χ1) is 7.79. The highest BCUT2D eigenvalue weighted by Gasteiger charge is 2.01. The van der Waals surface area contributed by atoms with Crippen LogP contribution in [-0.2, 0) is 13.7 Å². The summed E-state index contributed by atoms with van der Waals surface area (Å²) in [5.74, 6) is 1.62. The number of ether oxygens (including phenoxy) is 1. The van der Waals surface area contributed by atoms with Crippen molar-refractivity contribution in [3.63, 3.8) is 0 Å². The zero-order chi connectivity index (χ0) is 11.4. The van der Waals surface area contributed by atoms with Gasteiger partial charge >= 0.3 is 0 Å². The molecule has 0 aliphatic carbocycles. The summed E-state index contributed by atoms with van der Waals surface area (Å²) in [7, 11) is 3.78. The monoisotopic (exact) mass is 218 g/mol. The maximum absolute atomic E-state index is 5.58. The quantitative estimate of drug-likeness (QED) is 0.843. The topological polar surface area (TPSA) is 52.0 Å². The molecule has 1 N–H and O–H groups in total. The highest BCUT2D eigenvalue weighted by atomic mass is 16.5. The maximum atomic E-state index is 5.58. The Morgan fingerprint density at radius 1 is 1.31 bits per heavy atom. The Morgan fingerprint density at radius 2 is 2.06 bits per heavy atom. The first kappa shape index (κ1) is 10.5. The van der Waals surface area contributed by atoms with Gasteiger partial charge in [0.05, 0.1) is 0 Å². The summed E-state index contributed by atoms with van der Waals surface area (Å²) < 4.78 is 7.41. The molecule has 0 amide bonds. The Morgan fingerprint density at radius 3 is 2.62 bits per heavy atom. The molecule has 0 spiro atoms. The van der Waals surface area contributed by atoms with Crippen LogP contribution in [0.25, 0.3) is 0 Å². The molecule has 5 nitrogen and oxygen atoms in total. The van der Waals surface area contributed by atoms with E-state index in [-0.39, 0.29) is 0 Å². The van der Waals surface area contributed by atoms with E-state index < -0.39 is 0 Å². The van der Waals surface area contributed by atoms with Crippen molar-refractivity contribution < 1.29 is 4.74 Å². The highest BCUT2D eigenvalue weighted by molar-refractivity contribution is 5.45. The summed E-state index contributed by atoms with van der Waals surface area (Å²) in [5, 5.41) is 10.8. The van der Waals surface area contributed by atoms with Gasteiger partial charge in [0.2, 0.25) is 0 Å². The maximum Gasteiger partial charge on any atom is 0.170 e. The van der Waals surface area contributed by atoms with E-state index in [2.05, 4.69) is 15.5 Å². The predicted molar refractivity (Wildman–Crippen MR) is 61.3 cm³/mol. The molecule has 0 bridgehead atoms. The minimum atomic E-state index is 0.426. The van der Waals surface area contributed by atoms with Crippen LogP contribution in [-0.4, -0.2) is 21.8 Å². The zero-order valence-corrected chi connectivity index (χ0v) is 9.34. The van der Waals surface area contributed by atoms with Crippen molar-refractivity contribution in [2.24, 2.45) is 7.05 Å². The van der Waals surface area contributed by atoms with Gasteiger partial charge in [-0.05, 0) is 24.3 Å². The Labute approximate surface area is 94.1 Å². The van der Waals surface area contributed by atoms with Crippen molar-refractivity contribution in [2.45, 2.75) is 6.61 Å². The third kappa shape index (κ3) is 2.31. The Balaban J connectivity index is 1.97. The molecule has 0 aliphatic heterocycles. The van der Waals surface area contributed by atoms with Crippen molar-refractivity contribution >= 4 is 5.69 Å². The van der Waals surface area contributed by atoms with Gasteiger partial charge in [0.25, 0.3) is 0 Å². The van der Waals surface area contributed by atoms with Gasteiger partial charge < -0.3 is 14.6 Å². The number of benzene rings is 1. The molecular formula is C11H14N4O. The molecule has 0 atom stereocenters. The van der Waals surface area contributed by atoms with Crippen LogP contribution >= 0.6 is 0 Å². The van der Waals surface area contributed by atoms with E-state index in [1.807, 2.05) is 42.9 Å². The van der Waals surface area contributed by atoms with Crippen LogP contribution in [0.1, 0.15) is 5.82 Å². The van der Waals surface area contributed by atoms with Gasteiger partial charge in [0, 0.05) is 19.8 Å². The molecule has 5 heteroatoms. The van der Waals surface area contributed by atoms with Crippen LogP contribution in [0.2, 0.25) is 0 Å². The molecular weight excluding hydrogens is 204 g/mol. The fraction of sp³-hybridized carbons (Fsp3) is 0.273. The average molecular weight is 218 g/mol. The summed E-state index contributed by atoms with van der Waals surface area (Å²) in [5.41, 5.74) is 1.06. The van der Waals surface area contributed by atoms with E-state index in [0.717, 1.165) is 17.3 Å². The smallest absolute Gasteiger partial charge is 0.170 e. The van der Waals surface area contributed by atoms with Crippen LogP contribution < -0.4 is 10.1 Å². The Hall–Kier alpha value is -2.04. The zero-order valence-electron chi connectivity index (χ0n) is 9.34. The molecule has 0 fully saturated rings. The number of aromatic nitrogens is 3. The Kier molecular flexibility index (Phi) is 3.05. The molecule has 2 aromatic rings. The second-order valence-corrected chi connectivity index (χ2v) is 3.42. The van der Waals surface area contributed by atoms with Crippen molar-refractivity contribution in [1.82, 2.24) is 14.8 Å². The number of hydrogen-bond donors (Lipinski definition) is 1. The summed E-state index contributed by atoms with van der Waals surface area (Å²) >= 11 is 0. The van der Waals surface area contributed by atoms with Crippen molar-refractivity contribution in [2.75, 3.05) is 12.4 Å². The summed E-state index contributed by atoms with van der Waals surface area (Å²) in [6.07, 6.45) is 1.66. The summed E-state index contributed by atoms with van der Waals surface area (Å²) in [6, 6.07) is 7.77. The normalized spacial score (nSPS) is 10.1. The van der Waals surface area contributed by atoms with Gasteiger partial charge in [-0.1, -0.05) is 0 Å². The third-order valence-electron chi connectivity index (χ3n) is 2.32. The van der Waals surface area contributed by atoms with Crippen molar-refractivity contribution in [3.05, 3.63) is 36.4 Å². The van der Waals surface area contributed by atoms with Crippen molar-refractivity contribution in [1.29, 1.82) is 0 Å². The molecule has 84 valence electrons. The number of hydrogen-bond acceptors (Lipinski definition) is 4. The predicted octanol–water partition coefficient (Wildman–Crippen LogP) is 1.44. The first-order valence-corrected chi connectivity index (χ1v) is 5.03. The fourth-order valence-corrected chi connectivity index (χ4v) is 1.30. The highest BCUT2D eigenvalue weighted by Crippen LogP contribution is 2.15. The summed E-state index contributed by atoms with van der Waals surface area (Å²) in [4.78, 5) is 0. The third-order valence-corrected chi connectivity index (χ3v) is 2.32. The van der Waals surface area contributed by atoms with Crippen LogP contribution in [0, 0.1) is 0 Å². The van der Waals surface area contributed by atoms with Gasteiger partial charge in [0.15, 0.2) is 5.82 Å². The number of anilines is 1. The molecule has 1 aromatic heterocycles. The minimum Gasteiger partial charge on any atom is -0.486 e. The van der Waals surface area contributed by atoms with E-state index in [4.69, 9.17) is 4.74 Å². The lowest BCUT2D eigenvalue weighted by Gasteiger charge is -2.06. The van der Waals surface area contributed by atoms with E-state index >= 15 is 0 Å². The van der Waals surface area contributed by atoms with Gasteiger partial charge in [-0.25, -0.2) is 0 Å². The van der Waals surface area contributed by atoms with Gasteiger partial charge in [-0.3, -0.25) is 0 Å². The molecule has 0 unspecified atom stereocenters. The number of nitrogens with zero attached hydrogens (tertiary/aromatic N) is 3. The lowest BCUT2D eigenvalue weighted by Crippen LogP contribution is -2.02. The van der Waals surface area contributed by atoms with Crippen LogP contribution in [0.15, 0.2) is 30.6 Å². The van der Waals surface area contributed by atoms with Crippen LogP contribution in [0.4, 0.5) is 5.69 Å². The number of nitrogens with one attached hydrogen (secondary N) is 1. The molecule has 0 saturated heterocycles. The molecule has 0 saturated carbocycles. The van der Waals surface area contributed by atoms with Gasteiger partial charge in [-0.2, -0.15) is 0 Å². The lowest BCUT2D eigenvalue weighted by atomic mass is 10.3. The van der Waals surface area contributed by atoms with E-state index in [9.17, 15) is 0 Å². The van der Waals surface area contributed by atoms with Gasteiger partial charge in [-0.15, -0.1) is 10.2 Å². The molecule has 1 aromatic carbocycles. The largest absolute Gasteiger partial charge is 0.486 e. The first-order valence-electron chi connectivity index (χ1n) is 5.03. The molecule has 1 heterocycles. The molecule has 0 aliphatic rings. The van der Waals surface area contributed by atoms with Crippen molar-refractivity contribution in [3.8, 4) is 5.75 Å². The second kappa shape index (κ2) is 4.65. The van der Waals surface area contributed by atoms with E-state index in [1.54, 1.807) is 6.33 Å². The number of aryl methyl sites for hydroxylation is 1.